The van der Waals surface area contributed by atoms with Crippen LogP contribution in [0.3, 0.4) is 0 Å². The van der Waals surface area contributed by atoms with Crippen LogP contribution >= 0.6 is 0 Å². The van der Waals surface area contributed by atoms with Gasteiger partial charge in [-0.3, -0.25) is 24.3 Å². The summed E-state index contributed by atoms with van der Waals surface area (Å²) in [5.74, 6) is -1.86. The van der Waals surface area contributed by atoms with E-state index in [2.05, 4.69) is 10.3 Å². The predicted octanol–water partition coefficient (Wildman–Crippen LogP) is -0.0580. The maximum Gasteiger partial charge on any atom is 0.333 e. The van der Waals surface area contributed by atoms with E-state index in [0.717, 1.165) is 15.7 Å². The van der Waals surface area contributed by atoms with Crippen molar-refractivity contribution in [1.82, 2.24) is 24.0 Å². The van der Waals surface area contributed by atoms with Crippen LogP contribution in [-0.2, 0) is 35.0 Å². The fraction of sp³-hybridized carbons (Fsp3) is 0.300. The van der Waals surface area contributed by atoms with Crippen LogP contribution in [0.5, 0.6) is 0 Å². The number of benzene rings is 1. The number of amides is 3. The Hall–Kier alpha value is -4.22. The van der Waals surface area contributed by atoms with Crippen molar-refractivity contribution in [3.05, 3.63) is 56.5 Å². The first-order valence-corrected chi connectivity index (χ1v) is 9.53. The maximum atomic E-state index is 12.6. The molecule has 0 saturated heterocycles. The SMILES string of the molecule is Cc1ccc(NC(=O)NC(=O)COC(=O)Cn2c(=O)c3c(ncn3C)n(C)c2=O)cc1C. The molecule has 0 spiro atoms. The summed E-state index contributed by atoms with van der Waals surface area (Å²) in [6.45, 7) is 2.35. The summed E-state index contributed by atoms with van der Waals surface area (Å²) < 4.78 is 8.06. The Morgan fingerprint density at radius 1 is 1.09 bits per heavy atom. The lowest BCUT2D eigenvalue weighted by molar-refractivity contribution is -0.149. The third-order valence-electron chi connectivity index (χ3n) is 4.87. The topological polar surface area (TPSA) is 146 Å². The first-order chi connectivity index (χ1) is 15.1. The fourth-order valence-electron chi connectivity index (χ4n) is 3.00. The van der Waals surface area contributed by atoms with Gasteiger partial charge in [0.05, 0.1) is 6.33 Å². The second kappa shape index (κ2) is 8.88. The van der Waals surface area contributed by atoms with E-state index in [-0.39, 0.29) is 11.2 Å². The van der Waals surface area contributed by atoms with Crippen molar-refractivity contribution in [3.63, 3.8) is 0 Å². The van der Waals surface area contributed by atoms with Crippen LogP contribution in [0.15, 0.2) is 34.1 Å². The highest BCUT2D eigenvalue weighted by atomic mass is 16.5. The Kier molecular flexibility index (Phi) is 6.23. The van der Waals surface area contributed by atoms with E-state index in [0.29, 0.717) is 10.3 Å². The highest BCUT2D eigenvalue weighted by Crippen LogP contribution is 2.13. The number of anilines is 1. The third-order valence-corrected chi connectivity index (χ3v) is 4.87. The minimum atomic E-state index is -0.990. The molecule has 32 heavy (non-hydrogen) atoms. The number of aryl methyl sites for hydroxylation is 4. The van der Waals surface area contributed by atoms with Gasteiger partial charge in [-0.25, -0.2) is 19.1 Å². The number of nitrogens with one attached hydrogen (secondary N) is 2. The number of imide groups is 1. The molecule has 2 N–H and O–H groups in total. The lowest BCUT2D eigenvalue weighted by Crippen LogP contribution is -2.42. The zero-order valence-corrected chi connectivity index (χ0v) is 18.0. The zero-order chi connectivity index (χ0) is 23.6. The molecule has 3 aromatic rings. The lowest BCUT2D eigenvalue weighted by Gasteiger charge is -2.10. The zero-order valence-electron chi connectivity index (χ0n) is 18.0. The number of esters is 1. The lowest BCUT2D eigenvalue weighted by atomic mass is 10.1. The molecule has 0 bridgehead atoms. The number of aromatic nitrogens is 4. The molecule has 0 atom stereocenters. The number of nitrogens with zero attached hydrogens (tertiary/aromatic N) is 4. The Morgan fingerprint density at radius 2 is 1.81 bits per heavy atom. The molecule has 3 rings (SSSR count). The summed E-state index contributed by atoms with van der Waals surface area (Å²) in [7, 11) is 3.00. The van der Waals surface area contributed by atoms with Crippen molar-refractivity contribution in [3.8, 4) is 0 Å². The summed E-state index contributed by atoms with van der Waals surface area (Å²) in [4.78, 5) is 64.9. The van der Waals surface area contributed by atoms with E-state index >= 15 is 0 Å². The maximum absolute atomic E-state index is 12.6. The Bertz CT molecular complexity index is 1350. The van der Waals surface area contributed by atoms with Crippen LogP contribution in [0.2, 0.25) is 0 Å². The monoisotopic (exact) mass is 442 g/mol. The number of urea groups is 1. The third kappa shape index (κ3) is 4.58. The van der Waals surface area contributed by atoms with Gasteiger partial charge in [0.1, 0.15) is 6.54 Å². The van der Waals surface area contributed by atoms with Gasteiger partial charge in [0, 0.05) is 19.8 Å². The molecule has 0 aliphatic carbocycles. The summed E-state index contributed by atoms with van der Waals surface area (Å²) in [5.41, 5.74) is 1.37. The summed E-state index contributed by atoms with van der Waals surface area (Å²) in [5, 5.41) is 4.53. The number of carbonyl (C=O) groups is 3. The average Bonchev–Trinajstić information content (AvgIpc) is 3.12. The highest BCUT2D eigenvalue weighted by Gasteiger charge is 2.18. The Balaban J connectivity index is 1.59. The summed E-state index contributed by atoms with van der Waals surface area (Å²) in [6, 6.07) is 4.46. The molecule has 0 radical (unpaired) electrons. The quantitative estimate of drug-likeness (QED) is 0.526. The number of imidazole rings is 1. The number of hydrogen-bond donors (Lipinski definition) is 2. The van der Waals surface area contributed by atoms with E-state index in [9.17, 15) is 24.0 Å². The summed E-state index contributed by atoms with van der Waals surface area (Å²) >= 11 is 0. The van der Waals surface area contributed by atoms with Crippen LogP contribution in [0, 0.1) is 13.8 Å². The van der Waals surface area contributed by atoms with Crippen LogP contribution in [-0.4, -0.2) is 43.2 Å². The van der Waals surface area contributed by atoms with Crippen molar-refractivity contribution < 1.29 is 19.1 Å². The molecule has 0 aliphatic rings. The Morgan fingerprint density at radius 3 is 2.50 bits per heavy atom. The molecular weight excluding hydrogens is 420 g/mol. The highest BCUT2D eigenvalue weighted by molar-refractivity contribution is 6.01. The minimum absolute atomic E-state index is 0.139. The van der Waals surface area contributed by atoms with Gasteiger partial charge in [-0.2, -0.15) is 0 Å². The van der Waals surface area contributed by atoms with Gasteiger partial charge in [0.15, 0.2) is 17.8 Å². The van der Waals surface area contributed by atoms with Crippen molar-refractivity contribution in [2.75, 3.05) is 11.9 Å². The molecule has 0 saturated carbocycles. The van der Waals surface area contributed by atoms with Crippen molar-refractivity contribution in [2.45, 2.75) is 20.4 Å². The normalized spacial score (nSPS) is 10.8. The number of ether oxygens (including phenoxy) is 1. The molecule has 1 aromatic carbocycles. The minimum Gasteiger partial charge on any atom is -0.454 e. The summed E-state index contributed by atoms with van der Waals surface area (Å²) in [6.07, 6.45) is 1.38. The molecule has 0 aliphatic heterocycles. The van der Waals surface area contributed by atoms with Gasteiger partial charge in [0.2, 0.25) is 0 Å². The molecule has 2 aromatic heterocycles. The van der Waals surface area contributed by atoms with Gasteiger partial charge in [-0.1, -0.05) is 6.07 Å². The van der Waals surface area contributed by atoms with Crippen molar-refractivity contribution >= 4 is 34.8 Å². The van der Waals surface area contributed by atoms with E-state index in [1.54, 1.807) is 19.2 Å². The fourth-order valence-corrected chi connectivity index (χ4v) is 3.00. The molecule has 12 nitrogen and oxygen atoms in total. The molecular formula is C20H22N6O6. The first kappa shape index (κ1) is 22.5. The molecule has 2 heterocycles. The standard InChI is InChI=1S/C20H22N6O6/c1-11-5-6-13(7-12(11)2)22-19(30)23-14(27)9-32-15(28)8-26-18(29)16-17(21-10-24(16)3)25(4)20(26)31/h5-7,10H,8-9H2,1-4H3,(H2,22,23,27,30). The van der Waals surface area contributed by atoms with Gasteiger partial charge < -0.3 is 14.6 Å². The van der Waals surface area contributed by atoms with E-state index in [4.69, 9.17) is 4.74 Å². The molecule has 12 heteroatoms. The molecule has 0 fully saturated rings. The van der Waals surface area contributed by atoms with Crippen LogP contribution < -0.4 is 21.9 Å². The van der Waals surface area contributed by atoms with Gasteiger partial charge in [-0.15, -0.1) is 0 Å². The second-order valence-corrected chi connectivity index (χ2v) is 7.22. The molecule has 168 valence electrons. The number of carbonyl (C=O) groups excluding carboxylic acids is 3. The molecule has 0 unspecified atom stereocenters. The van der Waals surface area contributed by atoms with Gasteiger partial charge in [-0.05, 0) is 37.1 Å². The molecule has 3 amide bonds. The van der Waals surface area contributed by atoms with E-state index in [1.165, 1.54) is 17.9 Å². The van der Waals surface area contributed by atoms with Crippen LogP contribution in [0.1, 0.15) is 11.1 Å². The van der Waals surface area contributed by atoms with Crippen molar-refractivity contribution in [1.29, 1.82) is 0 Å². The first-order valence-electron chi connectivity index (χ1n) is 9.53. The average molecular weight is 442 g/mol. The smallest absolute Gasteiger partial charge is 0.333 e. The van der Waals surface area contributed by atoms with Gasteiger partial charge >= 0.3 is 17.7 Å². The number of fused-ring (bicyclic) bond motifs is 1. The Labute approximate surface area is 181 Å². The number of rotatable bonds is 5. The van der Waals surface area contributed by atoms with E-state index < -0.39 is 42.3 Å². The van der Waals surface area contributed by atoms with Gasteiger partial charge in [0.25, 0.3) is 11.5 Å². The van der Waals surface area contributed by atoms with Crippen molar-refractivity contribution in [2.24, 2.45) is 14.1 Å². The number of hydrogen-bond acceptors (Lipinski definition) is 7. The second-order valence-electron chi connectivity index (χ2n) is 7.22. The predicted molar refractivity (Wildman–Crippen MR) is 114 cm³/mol. The van der Waals surface area contributed by atoms with Crippen LogP contribution in [0.25, 0.3) is 11.2 Å². The largest absolute Gasteiger partial charge is 0.454 e. The van der Waals surface area contributed by atoms with E-state index in [1.807, 2.05) is 25.2 Å². The van der Waals surface area contributed by atoms with Crippen LogP contribution in [0.4, 0.5) is 10.5 Å².